The Bertz CT molecular complexity index is 414. The maximum absolute atomic E-state index is 10.7. The van der Waals surface area contributed by atoms with Gasteiger partial charge in [0.1, 0.15) is 5.75 Å². The summed E-state index contributed by atoms with van der Waals surface area (Å²) in [4.78, 5) is 10.3. The van der Waals surface area contributed by atoms with E-state index in [4.69, 9.17) is 4.74 Å². The number of rotatable bonds is 3. The summed E-state index contributed by atoms with van der Waals surface area (Å²) in [5.74, 6) is 0.596. The van der Waals surface area contributed by atoms with Crippen LogP contribution in [-0.2, 0) is 0 Å². The molecule has 1 aliphatic heterocycles. The Morgan fingerprint density at radius 1 is 1.47 bits per heavy atom. The predicted octanol–water partition coefficient (Wildman–Crippen LogP) is 2.42. The SMILES string of the molecule is COc1cc([N+](=O)[O-])ccc1C1CCCCN1. The minimum absolute atomic E-state index is 0.0707. The topological polar surface area (TPSA) is 64.4 Å². The number of hydrogen-bond donors (Lipinski definition) is 1. The summed E-state index contributed by atoms with van der Waals surface area (Å²) in [6, 6.07) is 5.07. The van der Waals surface area contributed by atoms with Gasteiger partial charge in [0, 0.05) is 17.7 Å². The first kappa shape index (κ1) is 11.9. The maximum Gasteiger partial charge on any atom is 0.273 e. The molecule has 1 aliphatic rings. The number of piperidine rings is 1. The lowest BCUT2D eigenvalue weighted by Gasteiger charge is -2.25. The van der Waals surface area contributed by atoms with Crippen LogP contribution in [0.3, 0.4) is 0 Å². The summed E-state index contributed by atoms with van der Waals surface area (Å²) >= 11 is 0. The first-order chi connectivity index (χ1) is 8.22. The molecule has 1 heterocycles. The smallest absolute Gasteiger partial charge is 0.273 e. The molecule has 1 fully saturated rings. The Morgan fingerprint density at radius 3 is 2.88 bits per heavy atom. The van der Waals surface area contributed by atoms with Crippen molar-refractivity contribution in [1.29, 1.82) is 0 Å². The Morgan fingerprint density at radius 2 is 2.29 bits per heavy atom. The van der Waals surface area contributed by atoms with Gasteiger partial charge in [-0.05, 0) is 25.5 Å². The van der Waals surface area contributed by atoms with Crippen LogP contribution < -0.4 is 10.1 Å². The van der Waals surface area contributed by atoms with Gasteiger partial charge in [-0.15, -0.1) is 0 Å². The van der Waals surface area contributed by atoms with Gasteiger partial charge in [-0.25, -0.2) is 0 Å². The zero-order valence-corrected chi connectivity index (χ0v) is 9.81. The van der Waals surface area contributed by atoms with Gasteiger partial charge in [-0.2, -0.15) is 0 Å². The van der Waals surface area contributed by atoms with Gasteiger partial charge < -0.3 is 10.1 Å². The van der Waals surface area contributed by atoms with Crippen LogP contribution in [0, 0.1) is 10.1 Å². The van der Waals surface area contributed by atoms with Crippen LogP contribution in [0.1, 0.15) is 30.9 Å². The predicted molar refractivity (Wildman–Crippen MR) is 64.2 cm³/mol. The number of methoxy groups -OCH3 is 1. The number of nitrogens with zero attached hydrogens (tertiary/aromatic N) is 1. The molecule has 1 saturated heterocycles. The van der Waals surface area contributed by atoms with Crippen LogP contribution in [0.2, 0.25) is 0 Å². The molecule has 0 amide bonds. The summed E-state index contributed by atoms with van der Waals surface area (Å²) in [5.41, 5.74) is 1.08. The molecule has 0 aliphatic carbocycles. The average molecular weight is 236 g/mol. The van der Waals surface area contributed by atoms with E-state index < -0.39 is 4.92 Å². The van der Waals surface area contributed by atoms with E-state index >= 15 is 0 Å². The molecule has 0 radical (unpaired) electrons. The van der Waals surface area contributed by atoms with Crippen molar-refractivity contribution in [3.05, 3.63) is 33.9 Å². The van der Waals surface area contributed by atoms with Crippen LogP contribution in [0.5, 0.6) is 5.75 Å². The molecular formula is C12H16N2O3. The van der Waals surface area contributed by atoms with Gasteiger partial charge in [-0.1, -0.05) is 6.42 Å². The molecule has 0 aromatic heterocycles. The highest BCUT2D eigenvalue weighted by Crippen LogP contribution is 2.33. The first-order valence-electron chi connectivity index (χ1n) is 5.78. The Balaban J connectivity index is 2.29. The van der Waals surface area contributed by atoms with Crippen LogP contribution >= 0.6 is 0 Å². The summed E-state index contributed by atoms with van der Waals surface area (Å²) in [6.45, 7) is 0.991. The van der Waals surface area contributed by atoms with Gasteiger partial charge in [0.15, 0.2) is 0 Å². The molecule has 1 unspecified atom stereocenters. The lowest BCUT2D eigenvalue weighted by molar-refractivity contribution is -0.384. The fourth-order valence-electron chi connectivity index (χ4n) is 2.22. The lowest BCUT2D eigenvalue weighted by atomic mass is 9.96. The molecule has 5 heteroatoms. The molecule has 5 nitrogen and oxygen atoms in total. The summed E-state index contributed by atoms with van der Waals surface area (Å²) in [7, 11) is 1.55. The van der Waals surface area contributed by atoms with E-state index in [0.29, 0.717) is 5.75 Å². The van der Waals surface area contributed by atoms with Crippen molar-refractivity contribution in [2.45, 2.75) is 25.3 Å². The van der Waals surface area contributed by atoms with Gasteiger partial charge >= 0.3 is 0 Å². The summed E-state index contributed by atoms with van der Waals surface area (Å²) in [6.07, 6.45) is 3.41. The Labute approximate surface area is 99.9 Å². The third kappa shape index (κ3) is 2.55. The number of ether oxygens (including phenoxy) is 1. The molecule has 92 valence electrons. The molecule has 17 heavy (non-hydrogen) atoms. The van der Waals surface area contributed by atoms with Crippen molar-refractivity contribution in [3.8, 4) is 5.75 Å². The van der Waals surface area contributed by atoms with Crippen molar-refractivity contribution in [2.24, 2.45) is 0 Å². The van der Waals surface area contributed by atoms with E-state index in [2.05, 4.69) is 5.32 Å². The second kappa shape index (κ2) is 5.14. The monoisotopic (exact) mass is 236 g/mol. The minimum atomic E-state index is -0.402. The highest BCUT2D eigenvalue weighted by atomic mass is 16.6. The molecule has 0 spiro atoms. The van der Waals surface area contributed by atoms with E-state index in [-0.39, 0.29) is 11.7 Å². The average Bonchev–Trinajstić information content (AvgIpc) is 2.39. The van der Waals surface area contributed by atoms with Crippen molar-refractivity contribution < 1.29 is 9.66 Å². The number of non-ortho nitro benzene ring substituents is 1. The Kier molecular flexibility index (Phi) is 3.58. The van der Waals surface area contributed by atoms with E-state index in [0.717, 1.165) is 18.5 Å². The zero-order chi connectivity index (χ0) is 12.3. The van der Waals surface area contributed by atoms with Crippen LogP contribution in [0.4, 0.5) is 5.69 Å². The third-order valence-corrected chi connectivity index (χ3v) is 3.11. The van der Waals surface area contributed by atoms with E-state index in [1.807, 2.05) is 0 Å². The number of nitro groups is 1. The maximum atomic E-state index is 10.7. The van der Waals surface area contributed by atoms with Gasteiger partial charge in [0.2, 0.25) is 0 Å². The fourth-order valence-corrected chi connectivity index (χ4v) is 2.22. The molecule has 1 aromatic carbocycles. The molecule has 1 N–H and O–H groups in total. The van der Waals surface area contributed by atoms with Crippen LogP contribution in [0.25, 0.3) is 0 Å². The fraction of sp³-hybridized carbons (Fsp3) is 0.500. The largest absolute Gasteiger partial charge is 0.496 e. The second-order valence-corrected chi connectivity index (χ2v) is 4.19. The van der Waals surface area contributed by atoms with E-state index in [1.54, 1.807) is 13.2 Å². The normalized spacial score (nSPS) is 19.9. The van der Waals surface area contributed by atoms with Crippen LogP contribution in [0.15, 0.2) is 18.2 Å². The zero-order valence-electron chi connectivity index (χ0n) is 9.81. The highest BCUT2D eigenvalue weighted by molar-refractivity contribution is 5.45. The van der Waals surface area contributed by atoms with Crippen molar-refractivity contribution in [2.75, 3.05) is 13.7 Å². The lowest BCUT2D eigenvalue weighted by Crippen LogP contribution is -2.27. The first-order valence-corrected chi connectivity index (χ1v) is 5.78. The molecule has 1 atom stereocenters. The Hall–Kier alpha value is -1.62. The highest BCUT2D eigenvalue weighted by Gasteiger charge is 2.20. The van der Waals surface area contributed by atoms with Crippen LogP contribution in [-0.4, -0.2) is 18.6 Å². The van der Waals surface area contributed by atoms with E-state index in [1.165, 1.54) is 25.0 Å². The molecule has 2 rings (SSSR count). The molecule has 0 bridgehead atoms. The van der Waals surface area contributed by atoms with E-state index in [9.17, 15) is 10.1 Å². The standard InChI is InChI=1S/C12H16N2O3/c1-17-12-8-9(14(15)16)5-6-10(12)11-4-2-3-7-13-11/h5-6,8,11,13H,2-4,7H2,1H3. The number of nitro benzene ring substituents is 1. The number of nitrogens with one attached hydrogen (secondary N) is 1. The number of hydrogen-bond acceptors (Lipinski definition) is 4. The second-order valence-electron chi connectivity index (χ2n) is 4.19. The van der Waals surface area contributed by atoms with Gasteiger partial charge in [0.05, 0.1) is 18.1 Å². The molecule has 1 aromatic rings. The quantitative estimate of drug-likeness (QED) is 0.646. The summed E-state index contributed by atoms with van der Waals surface area (Å²) < 4.78 is 5.24. The van der Waals surface area contributed by atoms with Gasteiger partial charge in [-0.3, -0.25) is 10.1 Å². The third-order valence-electron chi connectivity index (χ3n) is 3.11. The minimum Gasteiger partial charge on any atom is -0.496 e. The van der Waals surface area contributed by atoms with Crippen molar-refractivity contribution in [1.82, 2.24) is 5.32 Å². The number of benzene rings is 1. The molecular weight excluding hydrogens is 220 g/mol. The summed E-state index contributed by atoms with van der Waals surface area (Å²) in [5, 5.41) is 14.1. The van der Waals surface area contributed by atoms with Crippen molar-refractivity contribution >= 4 is 5.69 Å². The molecule has 0 saturated carbocycles. The van der Waals surface area contributed by atoms with Crippen molar-refractivity contribution in [3.63, 3.8) is 0 Å². The van der Waals surface area contributed by atoms with Gasteiger partial charge in [0.25, 0.3) is 5.69 Å².